The Kier molecular flexibility index (Phi) is 6.53. The Bertz CT molecular complexity index is 727. The second-order valence-corrected chi connectivity index (χ2v) is 9.39. The second kappa shape index (κ2) is 9.28. The van der Waals surface area contributed by atoms with Crippen LogP contribution in [-0.2, 0) is 4.79 Å². The Morgan fingerprint density at radius 1 is 1.24 bits per heavy atom. The van der Waals surface area contributed by atoms with Crippen LogP contribution in [0.1, 0.15) is 57.1 Å². The first-order valence-corrected chi connectivity index (χ1v) is 11.9. The number of rotatable bonds is 8. The maximum absolute atomic E-state index is 12.8. The molecule has 158 valence electrons. The molecule has 2 N–H and O–H groups in total. The van der Waals surface area contributed by atoms with Gasteiger partial charge in [0.05, 0.1) is 24.7 Å². The molecule has 3 aliphatic rings. The van der Waals surface area contributed by atoms with Gasteiger partial charge in [-0.2, -0.15) is 11.8 Å². The summed E-state index contributed by atoms with van der Waals surface area (Å²) >= 11 is 1.94. The van der Waals surface area contributed by atoms with Gasteiger partial charge in [0.15, 0.2) is 0 Å². The van der Waals surface area contributed by atoms with Crippen LogP contribution in [0.5, 0.6) is 5.75 Å². The van der Waals surface area contributed by atoms with Crippen molar-refractivity contribution in [2.45, 2.75) is 68.8 Å². The third-order valence-electron chi connectivity index (χ3n) is 6.22. The number of fused-ring (bicyclic) bond motifs is 1. The first-order chi connectivity index (χ1) is 14.2. The molecule has 7 heteroatoms. The summed E-state index contributed by atoms with van der Waals surface area (Å²) in [4.78, 5) is 26.4. The van der Waals surface area contributed by atoms with E-state index < -0.39 is 0 Å². The third kappa shape index (κ3) is 4.65. The molecule has 3 amide bonds. The molecule has 0 saturated carbocycles. The van der Waals surface area contributed by atoms with Crippen LogP contribution in [0.3, 0.4) is 0 Å². The van der Waals surface area contributed by atoms with Crippen molar-refractivity contribution >= 4 is 23.7 Å². The highest BCUT2D eigenvalue weighted by atomic mass is 32.2. The summed E-state index contributed by atoms with van der Waals surface area (Å²) in [5.74, 6) is 2.15. The van der Waals surface area contributed by atoms with Gasteiger partial charge in [0.1, 0.15) is 5.75 Å². The Labute approximate surface area is 177 Å². The van der Waals surface area contributed by atoms with Gasteiger partial charge in [0.25, 0.3) is 0 Å². The molecule has 4 rings (SSSR count). The van der Waals surface area contributed by atoms with Crippen molar-refractivity contribution in [1.82, 2.24) is 15.5 Å². The van der Waals surface area contributed by atoms with E-state index >= 15 is 0 Å². The Hall–Kier alpha value is -1.89. The smallest absolute Gasteiger partial charge is 0.315 e. The SMILES string of the molecule is CCOc1ccc([C@@H]2CCCN2C(=O)CCCC[C@@H]2SC[C@@H]3NC(=O)N[C@@H]32)cc1. The minimum Gasteiger partial charge on any atom is -0.494 e. The van der Waals surface area contributed by atoms with Crippen molar-refractivity contribution in [3.63, 3.8) is 0 Å². The van der Waals surface area contributed by atoms with Gasteiger partial charge >= 0.3 is 6.03 Å². The van der Waals surface area contributed by atoms with Gasteiger partial charge in [0, 0.05) is 24.0 Å². The lowest BCUT2D eigenvalue weighted by atomic mass is 10.0. The lowest BCUT2D eigenvalue weighted by molar-refractivity contribution is -0.132. The first kappa shape index (κ1) is 20.4. The van der Waals surface area contributed by atoms with E-state index in [9.17, 15) is 9.59 Å². The number of nitrogens with one attached hydrogen (secondary N) is 2. The summed E-state index contributed by atoms with van der Waals surface area (Å²) in [7, 11) is 0. The molecule has 1 aromatic carbocycles. The van der Waals surface area contributed by atoms with Gasteiger partial charge in [0.2, 0.25) is 5.91 Å². The molecule has 0 unspecified atom stereocenters. The van der Waals surface area contributed by atoms with Crippen LogP contribution in [0.2, 0.25) is 0 Å². The third-order valence-corrected chi connectivity index (χ3v) is 7.73. The van der Waals surface area contributed by atoms with E-state index in [2.05, 4.69) is 27.7 Å². The minimum atomic E-state index is -0.0326. The number of urea groups is 1. The number of hydrogen-bond acceptors (Lipinski definition) is 4. The highest BCUT2D eigenvalue weighted by Gasteiger charge is 2.42. The predicted molar refractivity (Wildman–Crippen MR) is 115 cm³/mol. The maximum Gasteiger partial charge on any atom is 0.315 e. The van der Waals surface area contributed by atoms with Crippen molar-refractivity contribution in [1.29, 1.82) is 0 Å². The molecule has 0 bridgehead atoms. The van der Waals surface area contributed by atoms with E-state index in [4.69, 9.17) is 4.74 Å². The van der Waals surface area contributed by atoms with Crippen molar-refractivity contribution in [3.05, 3.63) is 29.8 Å². The molecule has 0 spiro atoms. The lowest BCUT2D eigenvalue weighted by Crippen LogP contribution is -2.36. The van der Waals surface area contributed by atoms with Crippen LogP contribution in [0, 0.1) is 0 Å². The van der Waals surface area contributed by atoms with Crippen molar-refractivity contribution < 1.29 is 14.3 Å². The first-order valence-electron chi connectivity index (χ1n) is 10.9. The van der Waals surface area contributed by atoms with Crippen LogP contribution in [0.15, 0.2) is 24.3 Å². The van der Waals surface area contributed by atoms with Crippen LogP contribution in [0.25, 0.3) is 0 Å². The summed E-state index contributed by atoms with van der Waals surface area (Å²) in [6, 6.07) is 8.90. The highest BCUT2D eigenvalue weighted by Crippen LogP contribution is 2.35. The quantitative estimate of drug-likeness (QED) is 0.502. The number of carbonyl (C=O) groups excluding carboxylic acids is 2. The van der Waals surface area contributed by atoms with Crippen molar-refractivity contribution in [2.24, 2.45) is 0 Å². The summed E-state index contributed by atoms with van der Waals surface area (Å²) in [6.07, 6.45) is 5.73. The fraction of sp³-hybridized carbons (Fsp3) is 0.636. The zero-order valence-electron chi connectivity index (χ0n) is 17.1. The zero-order chi connectivity index (χ0) is 20.2. The molecule has 6 nitrogen and oxygen atoms in total. The Balaban J connectivity index is 1.23. The van der Waals surface area contributed by atoms with Crippen molar-refractivity contribution in [3.8, 4) is 5.75 Å². The van der Waals surface area contributed by atoms with Crippen molar-refractivity contribution in [2.75, 3.05) is 18.9 Å². The fourth-order valence-corrected chi connectivity index (χ4v) is 6.32. The van der Waals surface area contributed by atoms with Crippen LogP contribution in [-0.4, -0.2) is 53.1 Å². The summed E-state index contributed by atoms with van der Waals surface area (Å²) in [5, 5.41) is 6.49. The number of hydrogen-bond donors (Lipinski definition) is 2. The highest BCUT2D eigenvalue weighted by molar-refractivity contribution is 8.00. The fourth-order valence-electron chi connectivity index (χ4n) is 4.77. The molecule has 0 aromatic heterocycles. The molecule has 0 radical (unpaired) electrons. The number of unbranched alkanes of at least 4 members (excludes halogenated alkanes) is 1. The lowest BCUT2D eigenvalue weighted by Gasteiger charge is -2.25. The van der Waals surface area contributed by atoms with Gasteiger partial charge in [-0.1, -0.05) is 18.6 Å². The van der Waals surface area contributed by atoms with Crippen LogP contribution in [0.4, 0.5) is 4.79 Å². The second-order valence-electron chi connectivity index (χ2n) is 8.11. The van der Waals surface area contributed by atoms with Gasteiger partial charge in [-0.15, -0.1) is 0 Å². The maximum atomic E-state index is 12.8. The molecular weight excluding hydrogens is 386 g/mol. The van der Waals surface area contributed by atoms with E-state index in [0.717, 1.165) is 50.2 Å². The monoisotopic (exact) mass is 417 g/mol. The standard InChI is InChI=1S/C22H31N3O3S/c1-2-28-16-11-9-15(10-12-16)18-6-5-13-25(18)20(26)8-4-3-7-19-21-17(14-29-19)23-22(27)24-21/h9-12,17-19,21H,2-8,13-14H2,1H3,(H2,23,24,27)/t17-,18-,19-,21-/m0/s1. The normalized spacial score (nSPS) is 28.2. The zero-order valence-corrected chi connectivity index (χ0v) is 17.9. The topological polar surface area (TPSA) is 70.7 Å². The van der Waals surface area contributed by atoms with Gasteiger partial charge in [-0.25, -0.2) is 4.79 Å². The predicted octanol–water partition coefficient (Wildman–Crippen LogP) is 3.47. The molecule has 29 heavy (non-hydrogen) atoms. The molecule has 3 fully saturated rings. The van der Waals surface area contributed by atoms with E-state index in [1.807, 2.05) is 30.8 Å². The molecular formula is C22H31N3O3S. The molecule has 0 aliphatic carbocycles. The Morgan fingerprint density at radius 2 is 2.07 bits per heavy atom. The molecule has 4 atom stereocenters. The molecule has 3 saturated heterocycles. The summed E-state index contributed by atoms with van der Waals surface area (Å²) in [6.45, 7) is 3.50. The van der Waals surface area contributed by atoms with Gasteiger partial charge < -0.3 is 20.3 Å². The van der Waals surface area contributed by atoms with E-state index in [1.165, 1.54) is 5.56 Å². The molecule has 3 aliphatic heterocycles. The number of benzene rings is 1. The number of nitrogens with zero attached hydrogens (tertiary/aromatic N) is 1. The van der Waals surface area contributed by atoms with E-state index in [0.29, 0.717) is 18.3 Å². The van der Waals surface area contributed by atoms with E-state index in [-0.39, 0.29) is 30.1 Å². The Morgan fingerprint density at radius 3 is 2.86 bits per heavy atom. The molecule has 3 heterocycles. The largest absolute Gasteiger partial charge is 0.494 e. The average Bonchev–Trinajstić information content (AvgIpc) is 3.42. The van der Waals surface area contributed by atoms with E-state index in [1.54, 1.807) is 0 Å². The van der Waals surface area contributed by atoms with Crippen LogP contribution < -0.4 is 15.4 Å². The van der Waals surface area contributed by atoms with Crippen LogP contribution >= 0.6 is 11.8 Å². The number of ether oxygens (including phenoxy) is 1. The van der Waals surface area contributed by atoms with Gasteiger partial charge in [-0.05, 0) is 50.3 Å². The van der Waals surface area contributed by atoms with Gasteiger partial charge in [-0.3, -0.25) is 4.79 Å². The number of amides is 3. The number of carbonyl (C=O) groups is 2. The number of likely N-dealkylation sites (tertiary alicyclic amines) is 1. The summed E-state index contributed by atoms with van der Waals surface area (Å²) < 4.78 is 5.53. The average molecular weight is 418 g/mol. The molecule has 1 aromatic rings. The summed E-state index contributed by atoms with van der Waals surface area (Å²) in [5.41, 5.74) is 1.21. The minimum absolute atomic E-state index is 0.0326. The number of thioether (sulfide) groups is 1.